The molecule has 122 valence electrons. The molecule has 0 saturated carbocycles. The van der Waals surface area contributed by atoms with Crippen LogP contribution in [0.25, 0.3) is 0 Å². The first-order valence-corrected chi connectivity index (χ1v) is 8.48. The van der Waals surface area contributed by atoms with E-state index >= 15 is 0 Å². The van der Waals surface area contributed by atoms with Crippen molar-refractivity contribution in [3.63, 3.8) is 0 Å². The second-order valence-corrected chi connectivity index (χ2v) is 6.39. The van der Waals surface area contributed by atoms with Crippen molar-refractivity contribution in [1.29, 1.82) is 0 Å². The smallest absolute Gasteiger partial charge is 0.123 e. The summed E-state index contributed by atoms with van der Waals surface area (Å²) in [6, 6.07) is 8.27. The third-order valence-corrected chi connectivity index (χ3v) is 4.99. The summed E-state index contributed by atoms with van der Waals surface area (Å²) < 4.78 is 11.7. The van der Waals surface area contributed by atoms with Gasteiger partial charge in [0.2, 0.25) is 0 Å². The number of para-hydroxylation sites is 1. The maximum absolute atomic E-state index is 10.3. The molecule has 0 bridgehead atoms. The van der Waals surface area contributed by atoms with Crippen LogP contribution in [0.15, 0.2) is 24.3 Å². The van der Waals surface area contributed by atoms with Gasteiger partial charge in [0.25, 0.3) is 0 Å². The lowest BCUT2D eigenvalue weighted by Crippen LogP contribution is -2.55. The predicted molar refractivity (Wildman–Crippen MR) is 86.0 cm³/mol. The lowest BCUT2D eigenvalue weighted by atomic mass is 9.82. The number of hydrogen-bond donors (Lipinski definition) is 1. The number of piperidine rings is 1. The van der Waals surface area contributed by atoms with E-state index in [0.29, 0.717) is 6.61 Å². The quantitative estimate of drug-likeness (QED) is 0.928. The lowest BCUT2D eigenvalue weighted by molar-refractivity contribution is -0.177. The van der Waals surface area contributed by atoms with Gasteiger partial charge in [0.1, 0.15) is 5.75 Å². The van der Waals surface area contributed by atoms with Crippen molar-refractivity contribution < 1.29 is 14.6 Å². The lowest BCUT2D eigenvalue weighted by Gasteiger charge is -2.46. The topological polar surface area (TPSA) is 41.9 Å². The third kappa shape index (κ3) is 3.29. The molecule has 0 aliphatic carbocycles. The van der Waals surface area contributed by atoms with E-state index in [9.17, 15) is 5.11 Å². The van der Waals surface area contributed by atoms with Crippen molar-refractivity contribution in [2.45, 2.75) is 50.9 Å². The highest BCUT2D eigenvalue weighted by Crippen LogP contribution is 2.35. The van der Waals surface area contributed by atoms with Crippen molar-refractivity contribution >= 4 is 0 Å². The molecule has 2 aliphatic heterocycles. The number of aliphatic hydroxyl groups is 1. The molecule has 1 atom stereocenters. The minimum absolute atomic E-state index is 0.284. The zero-order valence-corrected chi connectivity index (χ0v) is 13.5. The fraction of sp³-hybridized carbons (Fsp3) is 0.667. The van der Waals surface area contributed by atoms with Crippen molar-refractivity contribution in [2.24, 2.45) is 0 Å². The SMILES string of the molecule is CCOc1ccccc1CN1CCC2(CC1)OCCC[C@@H]2O. The zero-order chi connectivity index (χ0) is 15.4. The molecule has 1 aromatic rings. The fourth-order valence-electron chi connectivity index (χ4n) is 3.65. The van der Waals surface area contributed by atoms with Gasteiger partial charge in [-0.05, 0) is 38.7 Å². The molecule has 0 unspecified atom stereocenters. The summed E-state index contributed by atoms with van der Waals surface area (Å²) in [6.07, 6.45) is 3.41. The van der Waals surface area contributed by atoms with Crippen LogP contribution in [0.4, 0.5) is 0 Å². The number of aliphatic hydroxyl groups excluding tert-OH is 1. The molecule has 2 aliphatic rings. The van der Waals surface area contributed by atoms with Crippen LogP contribution < -0.4 is 4.74 Å². The normalized spacial score (nSPS) is 25.3. The highest BCUT2D eigenvalue weighted by Gasteiger charge is 2.43. The summed E-state index contributed by atoms with van der Waals surface area (Å²) in [7, 11) is 0. The summed E-state index contributed by atoms with van der Waals surface area (Å²) in [5.74, 6) is 0.985. The Morgan fingerprint density at radius 2 is 2.09 bits per heavy atom. The Labute approximate surface area is 133 Å². The molecule has 2 heterocycles. The Bertz CT molecular complexity index is 483. The van der Waals surface area contributed by atoms with E-state index in [4.69, 9.17) is 9.47 Å². The predicted octanol–water partition coefficient (Wildman–Crippen LogP) is 2.59. The number of nitrogens with zero attached hydrogens (tertiary/aromatic N) is 1. The third-order valence-electron chi connectivity index (χ3n) is 4.99. The summed E-state index contributed by atoms with van der Waals surface area (Å²) >= 11 is 0. The van der Waals surface area contributed by atoms with Gasteiger partial charge in [-0.3, -0.25) is 4.90 Å². The average Bonchev–Trinajstić information content (AvgIpc) is 2.55. The molecule has 1 aromatic carbocycles. The van der Waals surface area contributed by atoms with Crippen molar-refractivity contribution in [1.82, 2.24) is 4.90 Å². The molecule has 0 amide bonds. The van der Waals surface area contributed by atoms with Crippen LogP contribution in [0, 0.1) is 0 Å². The number of likely N-dealkylation sites (tertiary alicyclic amines) is 1. The monoisotopic (exact) mass is 305 g/mol. The highest BCUT2D eigenvalue weighted by atomic mass is 16.5. The number of hydrogen-bond acceptors (Lipinski definition) is 4. The number of rotatable bonds is 4. The first-order chi connectivity index (χ1) is 10.7. The molecule has 3 rings (SSSR count). The molecule has 0 radical (unpaired) electrons. The van der Waals surface area contributed by atoms with Crippen molar-refractivity contribution in [3.8, 4) is 5.75 Å². The molecular formula is C18H27NO3. The van der Waals surface area contributed by atoms with Crippen LogP contribution in [-0.2, 0) is 11.3 Å². The molecule has 1 spiro atoms. The van der Waals surface area contributed by atoms with Crippen LogP contribution in [0.3, 0.4) is 0 Å². The van der Waals surface area contributed by atoms with Crippen molar-refractivity contribution in [2.75, 3.05) is 26.3 Å². The molecular weight excluding hydrogens is 278 g/mol. The van der Waals surface area contributed by atoms with Gasteiger partial charge in [-0.15, -0.1) is 0 Å². The van der Waals surface area contributed by atoms with E-state index in [-0.39, 0.29) is 11.7 Å². The van der Waals surface area contributed by atoms with E-state index in [1.807, 2.05) is 19.1 Å². The number of ether oxygens (including phenoxy) is 2. The summed E-state index contributed by atoms with van der Waals surface area (Å²) in [4.78, 5) is 2.44. The largest absolute Gasteiger partial charge is 0.494 e. The van der Waals surface area contributed by atoms with Gasteiger partial charge in [-0.2, -0.15) is 0 Å². The van der Waals surface area contributed by atoms with E-state index < -0.39 is 0 Å². The first-order valence-electron chi connectivity index (χ1n) is 8.48. The molecule has 1 N–H and O–H groups in total. The van der Waals surface area contributed by atoms with Gasteiger partial charge in [-0.25, -0.2) is 0 Å². The fourth-order valence-corrected chi connectivity index (χ4v) is 3.65. The highest BCUT2D eigenvalue weighted by molar-refractivity contribution is 5.33. The van der Waals surface area contributed by atoms with E-state index in [1.54, 1.807) is 0 Å². The summed E-state index contributed by atoms with van der Waals surface area (Å²) in [5.41, 5.74) is 0.958. The molecule has 2 fully saturated rings. The Balaban J connectivity index is 1.60. The van der Waals surface area contributed by atoms with Gasteiger partial charge in [-0.1, -0.05) is 18.2 Å². The van der Waals surface area contributed by atoms with Crippen molar-refractivity contribution in [3.05, 3.63) is 29.8 Å². The Hall–Kier alpha value is -1.10. The van der Waals surface area contributed by atoms with E-state index in [1.165, 1.54) is 5.56 Å². The maximum atomic E-state index is 10.3. The van der Waals surface area contributed by atoms with Crippen LogP contribution in [-0.4, -0.2) is 48.0 Å². The molecule has 4 nitrogen and oxygen atoms in total. The van der Waals surface area contributed by atoms with Crippen LogP contribution in [0.5, 0.6) is 5.75 Å². The van der Waals surface area contributed by atoms with Gasteiger partial charge >= 0.3 is 0 Å². The van der Waals surface area contributed by atoms with E-state index in [0.717, 1.165) is 57.7 Å². The van der Waals surface area contributed by atoms with Crippen LogP contribution in [0.1, 0.15) is 38.2 Å². The van der Waals surface area contributed by atoms with Gasteiger partial charge in [0.15, 0.2) is 0 Å². The standard InChI is InChI=1S/C18H27NO3/c1-2-21-16-7-4-3-6-15(16)14-19-11-9-18(10-12-19)17(20)8-5-13-22-18/h3-4,6-7,17,20H,2,5,8-14H2,1H3/t17-/m0/s1. The average molecular weight is 305 g/mol. The van der Waals surface area contributed by atoms with Crippen LogP contribution >= 0.6 is 0 Å². The Kier molecular flexibility index (Phi) is 5.01. The zero-order valence-electron chi connectivity index (χ0n) is 13.5. The van der Waals surface area contributed by atoms with Gasteiger partial charge in [0, 0.05) is 31.8 Å². The minimum Gasteiger partial charge on any atom is -0.494 e. The van der Waals surface area contributed by atoms with Gasteiger partial charge in [0.05, 0.1) is 18.3 Å². The Morgan fingerprint density at radius 1 is 1.32 bits per heavy atom. The molecule has 4 heteroatoms. The van der Waals surface area contributed by atoms with Gasteiger partial charge < -0.3 is 14.6 Å². The summed E-state index contributed by atoms with van der Waals surface area (Å²) in [6.45, 7) is 6.35. The van der Waals surface area contributed by atoms with E-state index in [2.05, 4.69) is 17.0 Å². The second-order valence-electron chi connectivity index (χ2n) is 6.39. The molecule has 22 heavy (non-hydrogen) atoms. The molecule has 2 saturated heterocycles. The second kappa shape index (κ2) is 6.99. The minimum atomic E-state index is -0.292. The first kappa shape index (κ1) is 15.8. The van der Waals surface area contributed by atoms with Crippen LogP contribution in [0.2, 0.25) is 0 Å². The summed E-state index contributed by atoms with van der Waals surface area (Å²) in [5, 5.41) is 10.3. The maximum Gasteiger partial charge on any atom is 0.123 e. The molecule has 0 aromatic heterocycles. The Morgan fingerprint density at radius 3 is 2.82 bits per heavy atom. The number of benzene rings is 1.